The van der Waals surface area contributed by atoms with Crippen molar-refractivity contribution in [1.29, 1.82) is 5.26 Å². The van der Waals surface area contributed by atoms with E-state index in [0.717, 1.165) is 30.1 Å². The molecule has 10 heteroatoms. The number of nitriles is 1. The van der Waals surface area contributed by atoms with Crippen LogP contribution in [0, 0.1) is 11.3 Å². The molecule has 1 aromatic heterocycles. The highest BCUT2D eigenvalue weighted by Crippen LogP contribution is 2.41. The first kappa shape index (κ1) is 25.2. The molecule has 2 N–H and O–H groups in total. The molecule has 8 nitrogen and oxygen atoms in total. The lowest BCUT2D eigenvalue weighted by atomic mass is 10.2. The molecule has 2 amide bonds. The maximum atomic E-state index is 13.2. The van der Waals surface area contributed by atoms with Crippen LogP contribution in [-0.2, 0) is 9.59 Å². The Hall–Kier alpha value is -3.87. The molecule has 1 fully saturated rings. The molecule has 0 unspecified atom stereocenters. The minimum Gasteiger partial charge on any atom is -0.368 e. The van der Waals surface area contributed by atoms with Gasteiger partial charge in [0.2, 0.25) is 5.91 Å². The van der Waals surface area contributed by atoms with Crippen LogP contribution in [0.5, 0.6) is 0 Å². The molecule has 2 heterocycles. The van der Waals surface area contributed by atoms with Gasteiger partial charge in [-0.25, -0.2) is 0 Å². The van der Waals surface area contributed by atoms with E-state index >= 15 is 0 Å². The van der Waals surface area contributed by atoms with Crippen LogP contribution in [0.4, 0.5) is 22.1 Å². The summed E-state index contributed by atoms with van der Waals surface area (Å²) in [5.74, 6) is -1.35. The van der Waals surface area contributed by atoms with E-state index in [1.54, 1.807) is 24.3 Å². The SMILES string of the molecule is CC(=O)CC(=O)Nc1c(C(=O)Nc2ccc(Cl)cc2)sc(N2CCN(c3ccccc3)CC2)c1C#N. The predicted molar refractivity (Wildman–Crippen MR) is 143 cm³/mol. The molecule has 3 aromatic rings. The molecule has 1 saturated heterocycles. The number of rotatable bonds is 7. The average Bonchev–Trinajstić information content (AvgIpc) is 3.23. The van der Waals surface area contributed by atoms with Gasteiger partial charge in [-0.05, 0) is 43.3 Å². The summed E-state index contributed by atoms with van der Waals surface area (Å²) >= 11 is 7.09. The van der Waals surface area contributed by atoms with Gasteiger partial charge in [-0.2, -0.15) is 5.26 Å². The number of ketones is 1. The normalized spacial score (nSPS) is 13.1. The molecule has 0 aliphatic carbocycles. The lowest BCUT2D eigenvalue weighted by Gasteiger charge is -2.36. The molecule has 1 aliphatic rings. The number of piperazine rings is 1. The van der Waals surface area contributed by atoms with Gasteiger partial charge in [0.25, 0.3) is 5.91 Å². The van der Waals surface area contributed by atoms with Crippen molar-refractivity contribution in [2.45, 2.75) is 13.3 Å². The topological polar surface area (TPSA) is 106 Å². The first-order valence-electron chi connectivity index (χ1n) is 11.3. The highest BCUT2D eigenvalue weighted by atomic mass is 35.5. The van der Waals surface area contributed by atoms with Gasteiger partial charge in [0.1, 0.15) is 27.3 Å². The fourth-order valence-electron chi connectivity index (χ4n) is 3.96. The third kappa shape index (κ3) is 5.85. The number of carbonyl (C=O) groups is 3. The number of nitrogens with zero attached hydrogens (tertiary/aromatic N) is 3. The lowest BCUT2D eigenvalue weighted by Crippen LogP contribution is -2.46. The Balaban J connectivity index is 1.62. The maximum Gasteiger partial charge on any atom is 0.268 e. The van der Waals surface area contributed by atoms with E-state index in [9.17, 15) is 19.6 Å². The van der Waals surface area contributed by atoms with Crippen molar-refractivity contribution >= 4 is 62.6 Å². The van der Waals surface area contributed by atoms with Crippen LogP contribution in [-0.4, -0.2) is 43.8 Å². The number of nitrogens with one attached hydrogen (secondary N) is 2. The molecule has 0 saturated carbocycles. The molecule has 0 atom stereocenters. The van der Waals surface area contributed by atoms with Gasteiger partial charge in [0, 0.05) is 42.6 Å². The summed E-state index contributed by atoms with van der Waals surface area (Å²) in [6.45, 7) is 4.08. The van der Waals surface area contributed by atoms with Crippen molar-refractivity contribution in [2.75, 3.05) is 46.6 Å². The lowest BCUT2D eigenvalue weighted by molar-refractivity contribution is -0.124. The molecule has 1 aliphatic heterocycles. The third-order valence-electron chi connectivity index (χ3n) is 5.67. The van der Waals surface area contributed by atoms with E-state index in [1.165, 1.54) is 6.92 Å². The van der Waals surface area contributed by atoms with E-state index in [2.05, 4.69) is 38.6 Å². The standard InChI is InChI=1S/C26H24ClN5O3S/c1-17(33)15-22(34)30-23-21(16-28)26(32-13-11-31(12-14-32)20-5-3-2-4-6-20)36-24(23)25(35)29-19-9-7-18(27)8-10-19/h2-10H,11-15H2,1H3,(H,29,35)(H,30,34). The number of benzene rings is 2. The van der Waals surface area contributed by atoms with Gasteiger partial charge >= 0.3 is 0 Å². The Morgan fingerprint density at radius 1 is 0.972 bits per heavy atom. The fourth-order valence-corrected chi connectivity index (χ4v) is 5.24. The van der Waals surface area contributed by atoms with Crippen LogP contribution in [0.2, 0.25) is 5.02 Å². The summed E-state index contributed by atoms with van der Waals surface area (Å²) in [5.41, 5.74) is 1.99. The summed E-state index contributed by atoms with van der Waals surface area (Å²) in [4.78, 5) is 41.7. The number of para-hydroxylation sites is 1. The van der Waals surface area contributed by atoms with E-state index < -0.39 is 11.8 Å². The smallest absolute Gasteiger partial charge is 0.268 e. The monoisotopic (exact) mass is 521 g/mol. The summed E-state index contributed by atoms with van der Waals surface area (Å²) in [6, 6.07) is 18.9. The Morgan fingerprint density at radius 3 is 2.22 bits per heavy atom. The number of hydrogen-bond donors (Lipinski definition) is 2. The largest absolute Gasteiger partial charge is 0.368 e. The molecular formula is C26H24ClN5O3S. The minimum absolute atomic E-state index is 0.126. The highest BCUT2D eigenvalue weighted by molar-refractivity contribution is 7.19. The van der Waals surface area contributed by atoms with E-state index in [1.807, 2.05) is 18.2 Å². The number of hydrogen-bond acceptors (Lipinski definition) is 7. The first-order valence-corrected chi connectivity index (χ1v) is 12.5. The van der Waals surface area contributed by atoms with Crippen molar-refractivity contribution in [2.24, 2.45) is 0 Å². The van der Waals surface area contributed by atoms with Gasteiger partial charge in [-0.15, -0.1) is 11.3 Å². The van der Waals surface area contributed by atoms with E-state index in [4.69, 9.17) is 11.6 Å². The fraction of sp³-hybridized carbons (Fsp3) is 0.231. The molecule has 184 valence electrons. The molecule has 4 rings (SSSR count). The minimum atomic E-state index is -0.571. The zero-order valence-electron chi connectivity index (χ0n) is 19.6. The van der Waals surface area contributed by atoms with Crippen molar-refractivity contribution in [3.63, 3.8) is 0 Å². The number of halogens is 1. The molecule has 0 spiro atoms. The van der Waals surface area contributed by atoms with E-state index in [0.29, 0.717) is 28.8 Å². The number of Topliss-reactive ketones (excluding diaryl/α,β-unsaturated/α-hetero) is 1. The van der Waals surface area contributed by atoms with Gasteiger partial charge in [0.15, 0.2) is 0 Å². The van der Waals surface area contributed by atoms with Gasteiger partial charge in [0.05, 0.1) is 12.1 Å². The van der Waals surface area contributed by atoms with Crippen LogP contribution < -0.4 is 20.4 Å². The Bertz CT molecular complexity index is 1310. The second-order valence-corrected chi connectivity index (χ2v) is 9.73. The second kappa shape index (κ2) is 11.2. The van der Waals surface area contributed by atoms with Crippen LogP contribution in [0.1, 0.15) is 28.6 Å². The number of amides is 2. The molecule has 2 aromatic carbocycles. The summed E-state index contributed by atoms with van der Waals surface area (Å²) in [6.07, 6.45) is -0.343. The molecule has 36 heavy (non-hydrogen) atoms. The first-order chi connectivity index (χ1) is 17.4. The zero-order chi connectivity index (χ0) is 25.7. The molecular weight excluding hydrogens is 498 g/mol. The van der Waals surface area contributed by atoms with Crippen molar-refractivity contribution < 1.29 is 14.4 Å². The zero-order valence-corrected chi connectivity index (χ0v) is 21.2. The predicted octanol–water partition coefficient (Wildman–Crippen LogP) is 4.77. The van der Waals surface area contributed by atoms with Gasteiger partial charge in [-0.1, -0.05) is 29.8 Å². The summed E-state index contributed by atoms with van der Waals surface area (Å²) < 4.78 is 0. The van der Waals surface area contributed by atoms with Crippen molar-refractivity contribution in [3.8, 4) is 6.07 Å². The summed E-state index contributed by atoms with van der Waals surface area (Å²) in [7, 11) is 0. The third-order valence-corrected chi connectivity index (χ3v) is 7.17. The molecule has 0 radical (unpaired) electrons. The Morgan fingerprint density at radius 2 is 1.61 bits per heavy atom. The second-order valence-electron chi connectivity index (χ2n) is 8.30. The van der Waals surface area contributed by atoms with Crippen molar-refractivity contribution in [1.82, 2.24) is 0 Å². The van der Waals surface area contributed by atoms with E-state index in [-0.39, 0.29) is 28.3 Å². The van der Waals surface area contributed by atoms with Crippen molar-refractivity contribution in [3.05, 3.63) is 70.1 Å². The van der Waals surface area contributed by atoms with Gasteiger partial charge in [-0.3, -0.25) is 14.4 Å². The quantitative estimate of drug-likeness (QED) is 0.434. The number of anilines is 4. The number of thiophene rings is 1. The molecule has 0 bridgehead atoms. The van der Waals surface area contributed by atoms with Crippen LogP contribution in [0.15, 0.2) is 54.6 Å². The van der Waals surface area contributed by atoms with Crippen LogP contribution in [0.3, 0.4) is 0 Å². The number of carbonyl (C=O) groups excluding carboxylic acids is 3. The average molecular weight is 522 g/mol. The Kier molecular flexibility index (Phi) is 7.88. The highest BCUT2D eigenvalue weighted by Gasteiger charge is 2.29. The maximum absolute atomic E-state index is 13.2. The Labute approximate surface area is 218 Å². The van der Waals surface area contributed by atoms with Crippen LogP contribution >= 0.6 is 22.9 Å². The van der Waals surface area contributed by atoms with Gasteiger partial charge < -0.3 is 20.4 Å². The summed E-state index contributed by atoms with van der Waals surface area (Å²) in [5, 5.41) is 16.6. The van der Waals surface area contributed by atoms with Crippen LogP contribution in [0.25, 0.3) is 0 Å².